The number of carbonyl (C=O) groups is 1. The largest absolute Gasteiger partial charge is 0.492 e. The van der Waals surface area contributed by atoms with Crippen molar-refractivity contribution in [2.45, 2.75) is 45.6 Å². The molecule has 8 heteroatoms. The van der Waals surface area contributed by atoms with Crippen LogP contribution < -0.4 is 10.3 Å². The predicted octanol–water partition coefficient (Wildman–Crippen LogP) is 5.36. The van der Waals surface area contributed by atoms with Crippen molar-refractivity contribution >= 4 is 23.2 Å². The van der Waals surface area contributed by atoms with Crippen molar-refractivity contribution in [1.29, 1.82) is 0 Å². The van der Waals surface area contributed by atoms with Crippen LogP contribution in [0.5, 0.6) is 5.75 Å². The van der Waals surface area contributed by atoms with E-state index in [-0.39, 0.29) is 17.7 Å². The maximum absolute atomic E-state index is 12.6. The molecule has 1 amide bonds. The number of fused-ring (bicyclic) bond motifs is 1. The highest BCUT2D eigenvalue weighted by atomic mass is 35.5. The second kappa shape index (κ2) is 10.3. The van der Waals surface area contributed by atoms with Crippen molar-refractivity contribution in [3.63, 3.8) is 0 Å². The number of nitrogens with zero attached hydrogens (tertiary/aromatic N) is 2. The van der Waals surface area contributed by atoms with Gasteiger partial charge in [-0.3, -0.25) is 4.79 Å². The Labute approximate surface area is 198 Å². The maximum atomic E-state index is 12.6. The molecule has 1 atom stereocenters. The van der Waals surface area contributed by atoms with Crippen LogP contribution in [0.25, 0.3) is 16.8 Å². The third kappa shape index (κ3) is 5.71. The number of aromatic nitrogens is 2. The first-order valence-corrected chi connectivity index (χ1v) is 11.9. The fourth-order valence-corrected chi connectivity index (χ4v) is 4.35. The van der Waals surface area contributed by atoms with Gasteiger partial charge in [-0.25, -0.2) is 4.79 Å². The van der Waals surface area contributed by atoms with E-state index in [4.69, 9.17) is 21.1 Å². The van der Waals surface area contributed by atoms with Crippen molar-refractivity contribution in [2.24, 2.45) is 5.92 Å². The van der Waals surface area contributed by atoms with Crippen LogP contribution in [0.15, 0.2) is 47.5 Å². The minimum atomic E-state index is -0.233. The summed E-state index contributed by atoms with van der Waals surface area (Å²) in [4.78, 5) is 29.8. The zero-order chi connectivity index (χ0) is 23.4. The molecule has 0 bridgehead atoms. The van der Waals surface area contributed by atoms with E-state index in [0.717, 1.165) is 31.4 Å². The number of H-pyrrole nitrogens is 1. The van der Waals surface area contributed by atoms with E-state index in [0.29, 0.717) is 47.5 Å². The number of ether oxygens (including phenoxy) is 2. The molecular weight excluding hydrogens is 442 g/mol. The first-order valence-electron chi connectivity index (χ1n) is 11.5. The van der Waals surface area contributed by atoms with E-state index in [2.05, 4.69) is 4.98 Å². The SMILES string of the molecule is CC(C)COC(=O)N1CCCCC1CCOc1cc2c(=O)[nH]c(-c3cccc(Cl)c3)cn2c1. The number of piperidine rings is 1. The van der Waals surface area contributed by atoms with Gasteiger partial charge < -0.3 is 23.8 Å². The van der Waals surface area contributed by atoms with Crippen molar-refractivity contribution in [3.05, 3.63) is 58.1 Å². The predicted molar refractivity (Wildman–Crippen MR) is 129 cm³/mol. The number of halogens is 1. The highest BCUT2D eigenvalue weighted by Gasteiger charge is 2.28. The second-order valence-electron chi connectivity index (χ2n) is 8.93. The molecule has 4 rings (SSSR count). The number of aromatic amines is 1. The number of amides is 1. The summed E-state index contributed by atoms with van der Waals surface area (Å²) in [6, 6.07) is 9.18. The van der Waals surface area contributed by atoms with E-state index in [1.807, 2.05) is 43.1 Å². The van der Waals surface area contributed by atoms with Gasteiger partial charge in [-0.15, -0.1) is 0 Å². The first kappa shape index (κ1) is 23.2. The van der Waals surface area contributed by atoms with Crippen molar-refractivity contribution in [3.8, 4) is 17.0 Å². The number of carbonyl (C=O) groups excluding carboxylic acids is 1. The van der Waals surface area contributed by atoms with Crippen molar-refractivity contribution < 1.29 is 14.3 Å². The number of hydrogen-bond donors (Lipinski definition) is 1. The molecule has 1 aliphatic rings. The number of likely N-dealkylation sites (tertiary alicyclic amines) is 1. The van der Waals surface area contributed by atoms with Gasteiger partial charge in [-0.2, -0.15) is 0 Å². The fourth-order valence-electron chi connectivity index (χ4n) is 4.16. The monoisotopic (exact) mass is 471 g/mol. The average molecular weight is 472 g/mol. The highest BCUT2D eigenvalue weighted by Crippen LogP contribution is 2.24. The molecular formula is C25H30ClN3O4. The Kier molecular flexibility index (Phi) is 7.28. The fraction of sp³-hybridized carbons (Fsp3) is 0.440. The third-order valence-corrected chi connectivity index (χ3v) is 6.06. The average Bonchev–Trinajstić information content (AvgIpc) is 3.21. The Morgan fingerprint density at radius 1 is 1.24 bits per heavy atom. The molecule has 0 radical (unpaired) electrons. The molecule has 1 unspecified atom stereocenters. The summed E-state index contributed by atoms with van der Waals surface area (Å²) in [6.45, 7) is 5.66. The summed E-state index contributed by atoms with van der Waals surface area (Å²) in [5.74, 6) is 0.931. The van der Waals surface area contributed by atoms with Crippen LogP contribution in [-0.4, -0.2) is 46.2 Å². The summed E-state index contributed by atoms with van der Waals surface area (Å²) in [5, 5.41) is 0.606. The van der Waals surface area contributed by atoms with E-state index >= 15 is 0 Å². The van der Waals surface area contributed by atoms with E-state index in [1.54, 1.807) is 22.7 Å². The van der Waals surface area contributed by atoms with Crippen LogP contribution in [0, 0.1) is 5.92 Å². The molecule has 1 fully saturated rings. The molecule has 1 saturated heterocycles. The molecule has 3 heterocycles. The normalized spacial score (nSPS) is 16.4. The summed E-state index contributed by atoms with van der Waals surface area (Å²) >= 11 is 6.09. The smallest absolute Gasteiger partial charge is 0.410 e. The minimum Gasteiger partial charge on any atom is -0.492 e. The standard InChI is InChI=1S/C25H30ClN3O4/c1-17(2)16-33-25(31)29-10-4-3-8-20(29)9-11-32-21-13-23-24(30)27-22(15-28(23)14-21)18-6-5-7-19(26)12-18/h5-7,12-15,17,20H,3-4,8-11,16H2,1-2H3,(H,27,30). The Morgan fingerprint density at radius 2 is 2.09 bits per heavy atom. The lowest BCUT2D eigenvalue weighted by molar-refractivity contribution is 0.0599. The number of rotatable bonds is 7. The lowest BCUT2D eigenvalue weighted by atomic mass is 10.0. The van der Waals surface area contributed by atoms with Gasteiger partial charge in [0, 0.05) is 41.9 Å². The maximum Gasteiger partial charge on any atom is 0.410 e. The van der Waals surface area contributed by atoms with E-state index in [9.17, 15) is 9.59 Å². The Morgan fingerprint density at radius 3 is 2.88 bits per heavy atom. The number of benzene rings is 1. The summed E-state index contributed by atoms with van der Waals surface area (Å²) in [7, 11) is 0. The molecule has 1 aliphatic heterocycles. The number of hydrogen-bond acceptors (Lipinski definition) is 4. The van der Waals surface area contributed by atoms with Crippen LogP contribution >= 0.6 is 11.6 Å². The molecule has 3 aromatic rings. The molecule has 7 nitrogen and oxygen atoms in total. The third-order valence-electron chi connectivity index (χ3n) is 5.83. The van der Waals surface area contributed by atoms with Crippen LogP contribution in [0.4, 0.5) is 4.79 Å². The molecule has 0 aliphatic carbocycles. The molecule has 33 heavy (non-hydrogen) atoms. The van der Waals surface area contributed by atoms with Crippen LogP contribution in [0.1, 0.15) is 39.5 Å². The highest BCUT2D eigenvalue weighted by molar-refractivity contribution is 6.30. The van der Waals surface area contributed by atoms with Crippen LogP contribution in [0.3, 0.4) is 0 Å². The van der Waals surface area contributed by atoms with Gasteiger partial charge in [0.25, 0.3) is 5.56 Å². The molecule has 1 N–H and O–H groups in total. The summed E-state index contributed by atoms with van der Waals surface area (Å²) in [5.41, 5.74) is 1.82. The van der Waals surface area contributed by atoms with E-state index in [1.165, 1.54) is 0 Å². The molecule has 1 aromatic carbocycles. The minimum absolute atomic E-state index is 0.105. The molecule has 176 valence electrons. The van der Waals surface area contributed by atoms with Crippen LogP contribution in [-0.2, 0) is 4.74 Å². The van der Waals surface area contributed by atoms with Crippen molar-refractivity contribution in [2.75, 3.05) is 19.8 Å². The molecule has 2 aromatic heterocycles. The zero-order valence-corrected chi connectivity index (χ0v) is 19.8. The van der Waals surface area contributed by atoms with Crippen LogP contribution in [0.2, 0.25) is 5.02 Å². The van der Waals surface area contributed by atoms with E-state index < -0.39 is 0 Å². The Balaban J connectivity index is 1.41. The Bertz CT molecular complexity index is 1170. The van der Waals surface area contributed by atoms with Gasteiger partial charge in [0.05, 0.1) is 25.1 Å². The second-order valence-corrected chi connectivity index (χ2v) is 9.36. The van der Waals surface area contributed by atoms with Gasteiger partial charge >= 0.3 is 6.09 Å². The van der Waals surface area contributed by atoms with Gasteiger partial charge in [0.2, 0.25) is 0 Å². The van der Waals surface area contributed by atoms with Gasteiger partial charge in [0.1, 0.15) is 11.3 Å². The van der Waals surface area contributed by atoms with Gasteiger partial charge in [-0.1, -0.05) is 37.6 Å². The molecule has 0 saturated carbocycles. The van der Waals surface area contributed by atoms with Gasteiger partial charge in [0.15, 0.2) is 0 Å². The lowest BCUT2D eigenvalue weighted by Crippen LogP contribution is -2.45. The topological polar surface area (TPSA) is 76.0 Å². The molecule has 0 spiro atoms. The lowest BCUT2D eigenvalue weighted by Gasteiger charge is -2.35. The van der Waals surface area contributed by atoms with Gasteiger partial charge in [-0.05, 0) is 37.3 Å². The first-order chi connectivity index (χ1) is 15.9. The quantitative estimate of drug-likeness (QED) is 0.503. The number of nitrogens with one attached hydrogen (secondary N) is 1. The summed E-state index contributed by atoms with van der Waals surface area (Å²) < 4.78 is 13.2. The zero-order valence-electron chi connectivity index (χ0n) is 19.1. The van der Waals surface area contributed by atoms with Crippen molar-refractivity contribution in [1.82, 2.24) is 14.3 Å². The Hall–Kier alpha value is -2.93. The summed E-state index contributed by atoms with van der Waals surface area (Å²) in [6.07, 6.45) is 7.17.